The molecule has 3 aromatic rings. The van der Waals surface area contributed by atoms with Crippen LogP contribution >= 0.6 is 0 Å². The van der Waals surface area contributed by atoms with E-state index in [1.54, 1.807) is 0 Å². The summed E-state index contributed by atoms with van der Waals surface area (Å²) in [6.07, 6.45) is 1.19. The number of carbonyl (C=O) groups excluding carboxylic acids is 1. The van der Waals surface area contributed by atoms with E-state index < -0.39 is 16.6 Å². The Morgan fingerprint density at radius 3 is 2.44 bits per heavy atom. The summed E-state index contributed by atoms with van der Waals surface area (Å²) < 4.78 is 13.8. The van der Waals surface area contributed by atoms with Crippen molar-refractivity contribution in [2.24, 2.45) is 0 Å². The number of anilines is 3. The van der Waals surface area contributed by atoms with Crippen molar-refractivity contribution in [2.75, 3.05) is 41.4 Å². The zero-order chi connectivity index (χ0) is 24.2. The van der Waals surface area contributed by atoms with Crippen LogP contribution in [0.4, 0.5) is 27.4 Å². The number of hydrazine groups is 1. The molecule has 1 amide bonds. The van der Waals surface area contributed by atoms with E-state index in [0.717, 1.165) is 11.8 Å². The molecule has 34 heavy (non-hydrogen) atoms. The van der Waals surface area contributed by atoms with Crippen LogP contribution in [0.1, 0.15) is 21.5 Å². The molecular weight excluding hydrogens is 441 g/mol. The number of hydrogen-bond donors (Lipinski definition) is 2. The van der Waals surface area contributed by atoms with Crippen molar-refractivity contribution in [3.63, 3.8) is 0 Å². The first-order chi connectivity index (χ1) is 16.4. The number of aromatic nitrogens is 2. The Labute approximate surface area is 195 Å². The summed E-state index contributed by atoms with van der Waals surface area (Å²) in [6.45, 7) is 6.52. The Kier molecular flexibility index (Phi) is 6.53. The highest BCUT2D eigenvalue weighted by Gasteiger charge is 2.30. The molecule has 176 valence electrons. The molecule has 1 aromatic heterocycles. The average molecular weight is 465 g/mol. The SMILES string of the molecule is Cc1cccc(N2CCN(c3ncnc(NNC(=O)c4ccccc4F)c3[N+](=O)[O-])CC2)c1C. The lowest BCUT2D eigenvalue weighted by molar-refractivity contribution is -0.383. The van der Waals surface area contributed by atoms with Gasteiger partial charge in [-0.05, 0) is 43.2 Å². The number of nitro groups is 1. The molecule has 1 saturated heterocycles. The van der Waals surface area contributed by atoms with E-state index in [9.17, 15) is 19.3 Å². The molecule has 10 nitrogen and oxygen atoms in total. The van der Waals surface area contributed by atoms with Gasteiger partial charge in [0, 0.05) is 31.9 Å². The molecule has 2 aromatic carbocycles. The van der Waals surface area contributed by atoms with E-state index >= 15 is 0 Å². The van der Waals surface area contributed by atoms with E-state index in [1.807, 2.05) is 11.0 Å². The summed E-state index contributed by atoms with van der Waals surface area (Å²) in [5, 5.41) is 11.9. The lowest BCUT2D eigenvalue weighted by Crippen LogP contribution is -2.47. The Morgan fingerprint density at radius 2 is 1.74 bits per heavy atom. The van der Waals surface area contributed by atoms with Crippen LogP contribution in [0.15, 0.2) is 48.8 Å². The summed E-state index contributed by atoms with van der Waals surface area (Å²) in [5.41, 5.74) is 7.72. The molecule has 0 bridgehead atoms. The Hall–Kier alpha value is -4.28. The molecule has 0 aliphatic carbocycles. The van der Waals surface area contributed by atoms with Crippen molar-refractivity contribution in [1.82, 2.24) is 15.4 Å². The van der Waals surface area contributed by atoms with E-state index in [2.05, 4.69) is 51.7 Å². The van der Waals surface area contributed by atoms with Gasteiger partial charge in [0.2, 0.25) is 11.6 Å². The number of halogens is 1. The van der Waals surface area contributed by atoms with E-state index in [-0.39, 0.29) is 22.9 Å². The van der Waals surface area contributed by atoms with Crippen LogP contribution in [0.2, 0.25) is 0 Å². The van der Waals surface area contributed by atoms with Crippen molar-refractivity contribution in [1.29, 1.82) is 0 Å². The van der Waals surface area contributed by atoms with Gasteiger partial charge in [-0.3, -0.25) is 25.8 Å². The van der Waals surface area contributed by atoms with Crippen LogP contribution in [0, 0.1) is 29.8 Å². The maximum Gasteiger partial charge on any atom is 0.355 e. The molecule has 1 aliphatic heterocycles. The largest absolute Gasteiger partial charge is 0.368 e. The van der Waals surface area contributed by atoms with Gasteiger partial charge in [0.05, 0.1) is 10.5 Å². The topological polar surface area (TPSA) is 117 Å². The fourth-order valence-electron chi connectivity index (χ4n) is 3.93. The van der Waals surface area contributed by atoms with Gasteiger partial charge in [-0.15, -0.1) is 0 Å². The van der Waals surface area contributed by atoms with E-state index in [4.69, 9.17) is 0 Å². The van der Waals surface area contributed by atoms with Gasteiger partial charge < -0.3 is 9.80 Å². The van der Waals surface area contributed by atoms with E-state index in [0.29, 0.717) is 26.2 Å². The molecule has 0 atom stereocenters. The van der Waals surface area contributed by atoms with Gasteiger partial charge in [0.15, 0.2) is 0 Å². The Bertz CT molecular complexity index is 1230. The van der Waals surface area contributed by atoms with E-state index in [1.165, 1.54) is 35.7 Å². The molecule has 1 fully saturated rings. The highest BCUT2D eigenvalue weighted by atomic mass is 19.1. The summed E-state index contributed by atoms with van der Waals surface area (Å²) in [5.74, 6) is -1.52. The molecular formula is C23H24FN7O3. The van der Waals surface area contributed by atoms with Gasteiger partial charge in [0.25, 0.3) is 5.91 Å². The second kappa shape index (κ2) is 9.69. The number of aryl methyl sites for hydroxylation is 1. The minimum atomic E-state index is -0.783. The van der Waals surface area contributed by atoms with Crippen LogP contribution < -0.4 is 20.7 Å². The fourth-order valence-corrected chi connectivity index (χ4v) is 3.93. The third-order valence-electron chi connectivity index (χ3n) is 5.89. The van der Waals surface area contributed by atoms with Crippen LogP contribution in [0.25, 0.3) is 0 Å². The average Bonchev–Trinajstić information content (AvgIpc) is 2.84. The zero-order valence-corrected chi connectivity index (χ0v) is 18.8. The minimum absolute atomic E-state index is 0.156. The molecule has 0 saturated carbocycles. The molecule has 2 N–H and O–H groups in total. The molecule has 0 unspecified atom stereocenters. The second-order valence-electron chi connectivity index (χ2n) is 7.90. The van der Waals surface area contributed by atoms with Gasteiger partial charge in [0.1, 0.15) is 12.1 Å². The minimum Gasteiger partial charge on any atom is -0.368 e. The zero-order valence-electron chi connectivity index (χ0n) is 18.8. The monoisotopic (exact) mass is 465 g/mol. The predicted octanol–water partition coefficient (Wildman–Crippen LogP) is 3.22. The maximum atomic E-state index is 13.8. The lowest BCUT2D eigenvalue weighted by Gasteiger charge is -2.37. The summed E-state index contributed by atoms with van der Waals surface area (Å²) in [4.78, 5) is 35.7. The van der Waals surface area contributed by atoms with Crippen LogP contribution in [-0.2, 0) is 0 Å². The number of hydrogen-bond acceptors (Lipinski definition) is 8. The smallest absolute Gasteiger partial charge is 0.355 e. The summed E-state index contributed by atoms with van der Waals surface area (Å²) in [6, 6.07) is 11.6. The number of piperazine rings is 1. The lowest BCUT2D eigenvalue weighted by atomic mass is 10.1. The standard InChI is InChI=1S/C23H24FN7O3/c1-15-6-5-9-19(16(15)2)29-10-12-30(13-11-29)22-20(31(33)34)21(25-14-26-22)27-28-23(32)17-7-3-4-8-18(17)24/h3-9,14H,10-13H2,1-2H3,(H,28,32)(H,25,26,27). The quantitative estimate of drug-likeness (QED) is 0.421. The third-order valence-corrected chi connectivity index (χ3v) is 5.89. The van der Waals surface area contributed by atoms with Crippen LogP contribution in [0.5, 0.6) is 0 Å². The molecule has 0 radical (unpaired) electrons. The first-order valence-electron chi connectivity index (χ1n) is 10.7. The number of amides is 1. The normalized spacial score (nSPS) is 13.5. The highest BCUT2D eigenvalue weighted by molar-refractivity contribution is 5.95. The highest BCUT2D eigenvalue weighted by Crippen LogP contribution is 2.33. The van der Waals surface area contributed by atoms with Gasteiger partial charge in [-0.25, -0.2) is 14.4 Å². The first-order valence-corrected chi connectivity index (χ1v) is 10.7. The fraction of sp³-hybridized carbons (Fsp3) is 0.261. The van der Waals surface area contributed by atoms with Crippen molar-refractivity contribution >= 4 is 28.9 Å². The number of carbonyl (C=O) groups is 1. The van der Waals surface area contributed by atoms with Crippen LogP contribution in [-0.4, -0.2) is 47.0 Å². The third kappa shape index (κ3) is 4.58. The van der Waals surface area contributed by atoms with Crippen LogP contribution in [0.3, 0.4) is 0 Å². The predicted molar refractivity (Wildman–Crippen MR) is 127 cm³/mol. The number of nitrogens with one attached hydrogen (secondary N) is 2. The first kappa shape index (κ1) is 22.9. The Balaban J connectivity index is 1.50. The maximum absolute atomic E-state index is 13.8. The molecule has 2 heterocycles. The van der Waals surface area contributed by atoms with Crippen molar-refractivity contribution in [2.45, 2.75) is 13.8 Å². The number of nitrogens with zero attached hydrogens (tertiary/aromatic N) is 5. The van der Waals surface area contributed by atoms with Crippen molar-refractivity contribution < 1.29 is 14.1 Å². The van der Waals surface area contributed by atoms with Gasteiger partial charge in [-0.2, -0.15) is 0 Å². The summed E-state index contributed by atoms with van der Waals surface area (Å²) >= 11 is 0. The Morgan fingerprint density at radius 1 is 1.03 bits per heavy atom. The van der Waals surface area contributed by atoms with Crippen molar-refractivity contribution in [3.05, 3.63) is 81.4 Å². The molecule has 11 heteroatoms. The van der Waals surface area contributed by atoms with Gasteiger partial charge in [-0.1, -0.05) is 24.3 Å². The number of rotatable bonds is 6. The van der Waals surface area contributed by atoms with Crippen molar-refractivity contribution in [3.8, 4) is 0 Å². The molecule has 0 spiro atoms. The molecule has 4 rings (SSSR count). The van der Waals surface area contributed by atoms with Gasteiger partial charge >= 0.3 is 5.69 Å². The number of benzene rings is 2. The molecule has 1 aliphatic rings. The summed E-state index contributed by atoms with van der Waals surface area (Å²) in [7, 11) is 0. The second-order valence-corrected chi connectivity index (χ2v) is 7.90.